The Bertz CT molecular complexity index is 352. The van der Waals surface area contributed by atoms with E-state index in [9.17, 15) is 0 Å². The van der Waals surface area contributed by atoms with Crippen LogP contribution in [0.2, 0.25) is 0 Å². The van der Waals surface area contributed by atoms with Crippen LogP contribution in [0.4, 0.5) is 5.69 Å². The summed E-state index contributed by atoms with van der Waals surface area (Å²) < 4.78 is 5.00. The third-order valence-corrected chi connectivity index (χ3v) is 1.91. The van der Waals surface area contributed by atoms with Crippen LogP contribution in [-0.4, -0.2) is 0 Å². The summed E-state index contributed by atoms with van der Waals surface area (Å²) in [4.78, 5) is 0. The summed E-state index contributed by atoms with van der Waals surface area (Å²) in [7, 11) is 0. The first-order valence-electron chi connectivity index (χ1n) is 3.50. The molecule has 0 aromatic rings. The minimum absolute atomic E-state index is 0. The second-order valence-corrected chi connectivity index (χ2v) is 2.67. The van der Waals surface area contributed by atoms with Gasteiger partial charge in [-0.2, -0.15) is 0 Å². The van der Waals surface area contributed by atoms with E-state index >= 15 is 0 Å². The van der Waals surface area contributed by atoms with Gasteiger partial charge < -0.3 is 10.2 Å². The highest BCUT2D eigenvalue weighted by Gasteiger charge is 2.09. The van der Waals surface area contributed by atoms with E-state index in [0.29, 0.717) is 0 Å². The Kier molecular flexibility index (Phi) is 2.29. The van der Waals surface area contributed by atoms with Crippen LogP contribution in [0.3, 0.4) is 0 Å². The van der Waals surface area contributed by atoms with E-state index in [-0.39, 0.29) is 12.4 Å². The number of fused-ring (bicyclic) bond motifs is 1. The van der Waals surface area contributed by atoms with Gasteiger partial charge in [0.2, 0.25) is 0 Å². The zero-order valence-electron chi connectivity index (χ0n) is 6.70. The lowest BCUT2D eigenvalue weighted by Gasteiger charge is -1.96. The molecule has 2 aliphatic rings. The topological polar surface area (TPSA) is 39.2 Å². The van der Waals surface area contributed by atoms with Gasteiger partial charge in [-0.05, 0) is 24.6 Å². The van der Waals surface area contributed by atoms with E-state index in [1.54, 1.807) is 12.5 Å². The first-order chi connectivity index (χ1) is 5.29. The van der Waals surface area contributed by atoms with Gasteiger partial charge in [-0.3, -0.25) is 0 Å². The summed E-state index contributed by atoms with van der Waals surface area (Å²) in [6.07, 6.45) is 3.34. The number of hydrogen-bond donors (Lipinski definition) is 1. The van der Waals surface area contributed by atoms with E-state index < -0.39 is 0 Å². The second kappa shape index (κ2) is 3.07. The summed E-state index contributed by atoms with van der Waals surface area (Å²) in [6.45, 7) is 2.00. The smallest absolute Gasteiger partial charge is 0.0980 e. The molecule has 1 aliphatic carbocycles. The molecule has 0 spiro atoms. The zero-order valence-corrected chi connectivity index (χ0v) is 7.52. The van der Waals surface area contributed by atoms with Crippen molar-refractivity contribution < 1.29 is 4.42 Å². The standard InChI is InChI=1S/C9H9NO.ClH/c1-6-4-7-5-11-3-2-8(7)9(6)10;/h2-5H,10H2,1H3;1H. The van der Waals surface area contributed by atoms with Crippen molar-refractivity contribution >= 4 is 18.1 Å². The molecular formula is C9H10ClNO. The fraction of sp³-hybridized carbons (Fsp3) is 0.111. The lowest BCUT2D eigenvalue weighted by molar-refractivity contribution is 0.552. The summed E-state index contributed by atoms with van der Waals surface area (Å²) in [5.74, 6) is 0. The zero-order chi connectivity index (χ0) is 7.84. The number of aryl methyl sites for hydroxylation is 1. The Morgan fingerprint density at radius 2 is 2.17 bits per heavy atom. The maximum absolute atomic E-state index is 5.80. The highest BCUT2D eigenvalue weighted by Crippen LogP contribution is 2.32. The molecule has 12 heavy (non-hydrogen) atoms. The van der Waals surface area contributed by atoms with Gasteiger partial charge in [0.25, 0.3) is 0 Å². The Hall–Kier alpha value is -1.15. The Balaban J connectivity index is 0.000000720. The first kappa shape index (κ1) is 8.94. The highest BCUT2D eigenvalue weighted by molar-refractivity contribution is 5.85. The Labute approximate surface area is 77.1 Å². The van der Waals surface area contributed by atoms with Crippen molar-refractivity contribution in [3.05, 3.63) is 30.2 Å². The summed E-state index contributed by atoms with van der Waals surface area (Å²) in [5, 5.41) is 0. The predicted octanol–water partition coefficient (Wildman–Crippen LogP) is 2.70. The molecule has 2 N–H and O–H groups in total. The van der Waals surface area contributed by atoms with Crippen LogP contribution < -0.4 is 5.73 Å². The molecule has 2 rings (SSSR count). The third kappa shape index (κ3) is 1.14. The third-order valence-electron chi connectivity index (χ3n) is 1.91. The van der Waals surface area contributed by atoms with Crippen molar-refractivity contribution in [3.8, 4) is 11.1 Å². The van der Waals surface area contributed by atoms with Gasteiger partial charge in [0.1, 0.15) is 0 Å². The molecule has 1 heterocycles. The van der Waals surface area contributed by atoms with Crippen LogP contribution in [0.5, 0.6) is 0 Å². The predicted molar refractivity (Wildman–Crippen MR) is 51.7 cm³/mol. The maximum Gasteiger partial charge on any atom is 0.0980 e. The van der Waals surface area contributed by atoms with Gasteiger partial charge in [0, 0.05) is 16.8 Å². The summed E-state index contributed by atoms with van der Waals surface area (Å²) >= 11 is 0. The number of rotatable bonds is 0. The molecule has 0 bridgehead atoms. The number of nitrogens with two attached hydrogens (primary N) is 1. The average Bonchev–Trinajstić information content (AvgIpc) is 2.30. The minimum Gasteiger partial charge on any atom is -0.472 e. The molecule has 2 nitrogen and oxygen atoms in total. The monoisotopic (exact) mass is 183 g/mol. The van der Waals surface area contributed by atoms with Crippen LogP contribution in [0.25, 0.3) is 11.1 Å². The van der Waals surface area contributed by atoms with Gasteiger partial charge in [0.15, 0.2) is 0 Å². The number of nitrogen functional groups attached to an aromatic ring is 1. The van der Waals surface area contributed by atoms with Crippen LogP contribution in [0.1, 0.15) is 5.56 Å². The fourth-order valence-electron chi connectivity index (χ4n) is 1.26. The molecule has 0 atom stereocenters. The minimum atomic E-state index is 0. The van der Waals surface area contributed by atoms with E-state index in [1.807, 2.05) is 19.1 Å². The lowest BCUT2D eigenvalue weighted by atomic mass is 10.2. The maximum atomic E-state index is 5.80. The SMILES string of the molecule is Cc1cc2coccc-2c1N.Cl. The van der Waals surface area contributed by atoms with Crippen molar-refractivity contribution in [2.45, 2.75) is 6.92 Å². The molecule has 0 radical (unpaired) electrons. The first-order valence-corrected chi connectivity index (χ1v) is 3.50. The summed E-state index contributed by atoms with van der Waals surface area (Å²) in [6, 6.07) is 3.91. The average molecular weight is 184 g/mol. The van der Waals surface area contributed by atoms with E-state index in [1.165, 1.54) is 0 Å². The molecule has 0 aromatic heterocycles. The molecule has 0 aromatic carbocycles. The molecule has 0 saturated heterocycles. The quantitative estimate of drug-likeness (QED) is 0.682. The molecule has 1 aliphatic heterocycles. The van der Waals surface area contributed by atoms with Crippen LogP contribution in [0.15, 0.2) is 29.1 Å². The largest absolute Gasteiger partial charge is 0.472 e. The fourth-order valence-corrected chi connectivity index (χ4v) is 1.26. The van der Waals surface area contributed by atoms with Crippen LogP contribution >= 0.6 is 12.4 Å². The van der Waals surface area contributed by atoms with Crippen LogP contribution in [0, 0.1) is 6.92 Å². The summed E-state index contributed by atoms with van der Waals surface area (Å²) in [5.41, 5.74) is 9.92. The second-order valence-electron chi connectivity index (χ2n) is 2.67. The number of halogens is 1. The van der Waals surface area contributed by atoms with Gasteiger partial charge in [-0.15, -0.1) is 12.4 Å². The van der Waals surface area contributed by atoms with Gasteiger partial charge in [-0.25, -0.2) is 0 Å². The van der Waals surface area contributed by atoms with Gasteiger partial charge in [-0.1, -0.05) is 0 Å². The van der Waals surface area contributed by atoms with Crippen molar-refractivity contribution in [1.82, 2.24) is 0 Å². The highest BCUT2D eigenvalue weighted by atomic mass is 35.5. The number of hydrogen-bond acceptors (Lipinski definition) is 2. The van der Waals surface area contributed by atoms with E-state index in [0.717, 1.165) is 22.4 Å². The Morgan fingerprint density at radius 3 is 2.83 bits per heavy atom. The molecule has 3 heteroatoms. The molecular weight excluding hydrogens is 174 g/mol. The van der Waals surface area contributed by atoms with E-state index in [2.05, 4.69) is 0 Å². The number of anilines is 1. The van der Waals surface area contributed by atoms with Crippen molar-refractivity contribution in [3.63, 3.8) is 0 Å². The van der Waals surface area contributed by atoms with Crippen molar-refractivity contribution in [1.29, 1.82) is 0 Å². The molecule has 0 fully saturated rings. The van der Waals surface area contributed by atoms with Crippen molar-refractivity contribution in [2.24, 2.45) is 0 Å². The molecule has 0 amide bonds. The van der Waals surface area contributed by atoms with Gasteiger partial charge >= 0.3 is 0 Å². The Morgan fingerprint density at radius 1 is 1.42 bits per heavy atom. The van der Waals surface area contributed by atoms with Gasteiger partial charge in [0.05, 0.1) is 12.5 Å². The molecule has 0 unspecified atom stereocenters. The normalized spacial score (nSPS) is 9.75. The van der Waals surface area contributed by atoms with Crippen LogP contribution in [-0.2, 0) is 0 Å². The molecule has 0 saturated carbocycles. The molecule has 64 valence electrons. The van der Waals surface area contributed by atoms with E-state index in [4.69, 9.17) is 10.2 Å². The lowest BCUT2D eigenvalue weighted by Crippen LogP contribution is -1.85. The van der Waals surface area contributed by atoms with Crippen molar-refractivity contribution in [2.75, 3.05) is 5.73 Å².